The Bertz CT molecular complexity index is 1450. The molecular formula is C27H22F3N5O4. The fourth-order valence-corrected chi connectivity index (χ4v) is 3.30. The van der Waals surface area contributed by atoms with Crippen molar-refractivity contribution in [2.75, 3.05) is 11.1 Å². The molecule has 200 valence electrons. The monoisotopic (exact) mass is 537 g/mol. The van der Waals surface area contributed by atoms with Crippen LogP contribution in [0.3, 0.4) is 0 Å². The molecule has 4 N–H and O–H groups in total. The van der Waals surface area contributed by atoms with Crippen LogP contribution >= 0.6 is 0 Å². The van der Waals surface area contributed by atoms with Crippen molar-refractivity contribution in [3.63, 3.8) is 0 Å². The first-order valence-corrected chi connectivity index (χ1v) is 11.5. The molecule has 0 aliphatic heterocycles. The average molecular weight is 537 g/mol. The highest BCUT2D eigenvalue weighted by Crippen LogP contribution is 2.26. The molecule has 39 heavy (non-hydrogen) atoms. The van der Waals surface area contributed by atoms with E-state index < -0.39 is 18.4 Å². The van der Waals surface area contributed by atoms with Crippen molar-refractivity contribution in [3.05, 3.63) is 90.8 Å². The molecule has 0 amide bonds. The standard InChI is InChI=1S/C27H22F3N5O4/c28-27(29,30)25(37)39-24(36)8-4-7-19-15-21(13-14-32-19)38-20-11-9-18(10-12-20)33-23-16-22(34-26(31)35-23)17-5-2-1-3-6-17/h1-7,9-16,24,36H,8H2,(H3,31,33,34,35)/b7-4+. The Morgan fingerprint density at radius 2 is 1.77 bits per heavy atom. The first kappa shape index (κ1) is 27.1. The van der Waals surface area contributed by atoms with Gasteiger partial charge in [-0.1, -0.05) is 36.4 Å². The van der Waals surface area contributed by atoms with Gasteiger partial charge in [0.25, 0.3) is 0 Å². The van der Waals surface area contributed by atoms with Gasteiger partial charge in [0.15, 0.2) is 0 Å². The molecule has 2 heterocycles. The van der Waals surface area contributed by atoms with E-state index in [1.807, 2.05) is 30.3 Å². The number of hydrogen-bond acceptors (Lipinski definition) is 9. The number of nitrogens with one attached hydrogen (secondary N) is 1. The summed E-state index contributed by atoms with van der Waals surface area (Å²) in [5, 5.41) is 12.6. The molecule has 0 saturated carbocycles. The highest BCUT2D eigenvalue weighted by molar-refractivity contribution is 5.75. The second-order valence-corrected chi connectivity index (χ2v) is 8.03. The minimum atomic E-state index is -5.18. The minimum Gasteiger partial charge on any atom is -0.457 e. The number of nitrogens with two attached hydrogens (primary N) is 1. The van der Waals surface area contributed by atoms with Crippen LogP contribution in [-0.4, -0.2) is 38.5 Å². The van der Waals surface area contributed by atoms with Gasteiger partial charge in [-0.3, -0.25) is 4.98 Å². The number of hydrogen-bond donors (Lipinski definition) is 3. The van der Waals surface area contributed by atoms with E-state index in [1.165, 1.54) is 18.3 Å². The Kier molecular flexibility index (Phi) is 8.37. The zero-order valence-electron chi connectivity index (χ0n) is 20.2. The van der Waals surface area contributed by atoms with Crippen LogP contribution in [-0.2, 0) is 9.53 Å². The molecule has 0 radical (unpaired) electrons. The molecule has 2 aromatic heterocycles. The van der Waals surface area contributed by atoms with Crippen LogP contribution in [0.25, 0.3) is 17.3 Å². The van der Waals surface area contributed by atoms with Crippen molar-refractivity contribution in [1.82, 2.24) is 15.0 Å². The average Bonchev–Trinajstić information content (AvgIpc) is 2.90. The highest BCUT2D eigenvalue weighted by atomic mass is 19.4. The SMILES string of the molecule is Nc1nc(Nc2ccc(Oc3ccnc(/C=C/CC(O)OC(=O)C(F)(F)F)c3)cc2)cc(-c2ccccc2)n1. The second-order valence-electron chi connectivity index (χ2n) is 8.03. The molecule has 4 aromatic rings. The van der Waals surface area contributed by atoms with Gasteiger partial charge in [-0.05, 0) is 36.4 Å². The van der Waals surface area contributed by atoms with Crippen LogP contribution < -0.4 is 15.8 Å². The highest BCUT2D eigenvalue weighted by Gasteiger charge is 2.42. The number of nitrogen functional groups attached to an aromatic ring is 1. The van der Waals surface area contributed by atoms with E-state index >= 15 is 0 Å². The molecular weight excluding hydrogens is 515 g/mol. The summed E-state index contributed by atoms with van der Waals surface area (Å²) in [4.78, 5) is 23.4. The maximum Gasteiger partial charge on any atom is 0.491 e. The van der Waals surface area contributed by atoms with Crippen LogP contribution in [0, 0.1) is 0 Å². The van der Waals surface area contributed by atoms with Crippen LogP contribution in [0.5, 0.6) is 11.5 Å². The first-order chi connectivity index (χ1) is 18.7. The van der Waals surface area contributed by atoms with Crippen molar-refractivity contribution in [2.45, 2.75) is 18.9 Å². The number of rotatable bonds is 9. The fourth-order valence-electron chi connectivity index (χ4n) is 3.30. The van der Waals surface area contributed by atoms with Crippen LogP contribution in [0.1, 0.15) is 12.1 Å². The summed E-state index contributed by atoms with van der Waals surface area (Å²) < 4.78 is 46.3. The Morgan fingerprint density at radius 1 is 1.03 bits per heavy atom. The van der Waals surface area contributed by atoms with Crippen molar-refractivity contribution in [2.24, 2.45) is 0 Å². The molecule has 1 unspecified atom stereocenters. The zero-order valence-corrected chi connectivity index (χ0v) is 20.2. The van der Waals surface area contributed by atoms with Crippen LogP contribution in [0.15, 0.2) is 85.1 Å². The van der Waals surface area contributed by atoms with Crippen LogP contribution in [0.2, 0.25) is 0 Å². The second kappa shape index (κ2) is 12.0. The fraction of sp³-hybridized carbons (Fsp3) is 0.111. The Labute approximate surface area is 220 Å². The van der Waals surface area contributed by atoms with E-state index in [9.17, 15) is 23.1 Å². The molecule has 0 aliphatic rings. The van der Waals surface area contributed by atoms with Crippen molar-refractivity contribution < 1.29 is 32.5 Å². The lowest BCUT2D eigenvalue weighted by Crippen LogP contribution is -2.29. The number of carbonyl (C=O) groups excluding carboxylic acids is 1. The number of carbonyl (C=O) groups is 1. The van der Waals surface area contributed by atoms with E-state index in [2.05, 4.69) is 25.0 Å². The van der Waals surface area contributed by atoms with Gasteiger partial charge in [-0.25, -0.2) is 9.78 Å². The van der Waals surface area contributed by atoms with Crippen molar-refractivity contribution >= 4 is 29.5 Å². The maximum absolute atomic E-state index is 12.2. The molecule has 1 atom stereocenters. The molecule has 0 aliphatic carbocycles. The van der Waals surface area contributed by atoms with E-state index in [4.69, 9.17) is 10.5 Å². The van der Waals surface area contributed by atoms with Gasteiger partial charge in [0.1, 0.15) is 17.3 Å². The Morgan fingerprint density at radius 3 is 2.49 bits per heavy atom. The van der Waals surface area contributed by atoms with Crippen molar-refractivity contribution in [1.29, 1.82) is 0 Å². The molecule has 0 fully saturated rings. The Balaban J connectivity index is 1.35. The van der Waals surface area contributed by atoms with Gasteiger partial charge in [0.05, 0.1) is 11.4 Å². The molecule has 9 nitrogen and oxygen atoms in total. The summed E-state index contributed by atoms with van der Waals surface area (Å²) in [6, 6.07) is 21.7. The number of esters is 1. The molecule has 0 bridgehead atoms. The molecule has 0 saturated heterocycles. The van der Waals surface area contributed by atoms with Gasteiger partial charge in [0, 0.05) is 36.0 Å². The lowest BCUT2D eigenvalue weighted by molar-refractivity contribution is -0.218. The third kappa shape index (κ3) is 8.01. The molecule has 4 rings (SSSR count). The predicted molar refractivity (Wildman–Crippen MR) is 138 cm³/mol. The summed E-state index contributed by atoms with van der Waals surface area (Å²) in [5.74, 6) is -0.817. The summed E-state index contributed by atoms with van der Waals surface area (Å²) >= 11 is 0. The number of halogens is 3. The van der Waals surface area contributed by atoms with Gasteiger partial charge >= 0.3 is 12.1 Å². The van der Waals surface area contributed by atoms with E-state index in [0.29, 0.717) is 28.7 Å². The van der Waals surface area contributed by atoms with Gasteiger partial charge < -0.3 is 25.6 Å². The van der Waals surface area contributed by atoms with E-state index in [-0.39, 0.29) is 12.4 Å². The zero-order chi connectivity index (χ0) is 27.8. The van der Waals surface area contributed by atoms with Crippen molar-refractivity contribution in [3.8, 4) is 22.8 Å². The maximum atomic E-state index is 12.2. The number of aliphatic hydroxyl groups is 1. The number of pyridine rings is 1. The van der Waals surface area contributed by atoms with Crippen LogP contribution in [0.4, 0.5) is 30.6 Å². The van der Waals surface area contributed by atoms with E-state index in [1.54, 1.807) is 42.5 Å². The smallest absolute Gasteiger partial charge is 0.457 e. The normalized spacial score (nSPS) is 12.2. The van der Waals surface area contributed by atoms with Gasteiger partial charge in [0.2, 0.25) is 12.2 Å². The summed E-state index contributed by atoms with van der Waals surface area (Å²) in [6.07, 6.45) is -3.22. The summed E-state index contributed by atoms with van der Waals surface area (Å²) in [7, 11) is 0. The lowest BCUT2D eigenvalue weighted by Gasteiger charge is -2.11. The first-order valence-electron chi connectivity index (χ1n) is 11.5. The van der Waals surface area contributed by atoms with E-state index in [0.717, 1.165) is 11.3 Å². The Hall–Kier alpha value is -4.97. The third-order valence-corrected chi connectivity index (χ3v) is 5.03. The molecule has 12 heteroatoms. The van der Waals surface area contributed by atoms with Gasteiger partial charge in [-0.2, -0.15) is 18.2 Å². The molecule has 0 spiro atoms. The summed E-state index contributed by atoms with van der Waals surface area (Å²) in [6.45, 7) is 0. The topological polar surface area (TPSA) is 132 Å². The lowest BCUT2D eigenvalue weighted by atomic mass is 10.1. The number of benzene rings is 2. The predicted octanol–water partition coefficient (Wildman–Crippen LogP) is 5.48. The number of nitrogens with zero attached hydrogens (tertiary/aromatic N) is 3. The number of anilines is 3. The quantitative estimate of drug-likeness (QED) is 0.187. The largest absolute Gasteiger partial charge is 0.491 e. The number of aliphatic hydroxyl groups excluding tert-OH is 1. The number of alkyl halides is 3. The molecule has 2 aromatic carbocycles. The van der Waals surface area contributed by atoms with Gasteiger partial charge in [-0.15, -0.1) is 0 Å². The summed E-state index contributed by atoms with van der Waals surface area (Å²) in [5.41, 5.74) is 8.63. The third-order valence-electron chi connectivity index (χ3n) is 5.03. The number of aromatic nitrogens is 3. The number of ether oxygens (including phenoxy) is 2. The minimum absolute atomic E-state index is 0.137.